The summed E-state index contributed by atoms with van der Waals surface area (Å²) in [5.74, 6) is 0. The van der Waals surface area contributed by atoms with E-state index in [9.17, 15) is 0 Å². The van der Waals surface area contributed by atoms with Crippen LogP contribution in [0.3, 0.4) is 0 Å². The maximum Gasteiger partial charge on any atom is 0.0277 e. The average Bonchev–Trinajstić information content (AvgIpc) is 2.30. The average molecular weight is 314 g/mol. The van der Waals surface area contributed by atoms with E-state index in [1.807, 2.05) is 18.7 Å². The van der Waals surface area contributed by atoms with Crippen molar-refractivity contribution in [1.82, 2.24) is 0 Å². The van der Waals surface area contributed by atoms with Gasteiger partial charge in [0.1, 0.15) is 0 Å². The summed E-state index contributed by atoms with van der Waals surface area (Å²) < 4.78 is 1.15. The highest BCUT2D eigenvalue weighted by molar-refractivity contribution is 9.10. The standard InChI is InChI=1S/C14H20BrNS/c1-10(16)13-8-7-12(9-14(13)15)17-11-5-3-2-4-6-11/h7-11H,2-6,16H2,1H3/t10-/m1/s1. The summed E-state index contributed by atoms with van der Waals surface area (Å²) in [6, 6.07) is 6.68. The van der Waals surface area contributed by atoms with Gasteiger partial charge in [0.15, 0.2) is 0 Å². The van der Waals surface area contributed by atoms with Crippen molar-refractivity contribution in [3.8, 4) is 0 Å². The van der Waals surface area contributed by atoms with Crippen molar-refractivity contribution in [3.05, 3.63) is 28.2 Å². The van der Waals surface area contributed by atoms with Gasteiger partial charge in [-0.05, 0) is 37.5 Å². The van der Waals surface area contributed by atoms with Gasteiger partial charge in [-0.25, -0.2) is 0 Å². The molecule has 1 nitrogen and oxygen atoms in total. The summed E-state index contributed by atoms with van der Waals surface area (Å²) in [5, 5.41) is 0.816. The largest absolute Gasteiger partial charge is 0.324 e. The van der Waals surface area contributed by atoms with Crippen LogP contribution in [0.25, 0.3) is 0 Å². The summed E-state index contributed by atoms with van der Waals surface area (Å²) in [6.45, 7) is 2.02. The SMILES string of the molecule is C[C@@H](N)c1ccc(SC2CCCCC2)cc1Br. The molecule has 0 heterocycles. The van der Waals surface area contributed by atoms with E-state index in [-0.39, 0.29) is 6.04 Å². The molecule has 0 bridgehead atoms. The molecule has 1 fully saturated rings. The quantitative estimate of drug-likeness (QED) is 0.859. The van der Waals surface area contributed by atoms with Gasteiger partial charge < -0.3 is 5.73 Å². The first-order valence-electron chi connectivity index (χ1n) is 6.38. The maximum atomic E-state index is 5.91. The molecule has 3 heteroatoms. The second-order valence-corrected chi connectivity index (χ2v) is 7.08. The van der Waals surface area contributed by atoms with Crippen LogP contribution in [0.4, 0.5) is 0 Å². The molecule has 0 unspecified atom stereocenters. The first kappa shape index (κ1) is 13.4. The molecule has 0 radical (unpaired) electrons. The Hall–Kier alpha value is 0.01000. The van der Waals surface area contributed by atoms with Gasteiger partial charge in [-0.15, -0.1) is 11.8 Å². The van der Waals surface area contributed by atoms with E-state index in [2.05, 4.69) is 34.1 Å². The van der Waals surface area contributed by atoms with Crippen molar-refractivity contribution in [2.45, 2.75) is 55.2 Å². The van der Waals surface area contributed by atoms with Crippen LogP contribution in [0.1, 0.15) is 50.6 Å². The van der Waals surface area contributed by atoms with E-state index in [1.165, 1.54) is 42.6 Å². The minimum Gasteiger partial charge on any atom is -0.324 e. The molecular formula is C14H20BrNS. The zero-order valence-corrected chi connectivity index (χ0v) is 12.7. The Labute approximate surface area is 117 Å². The fourth-order valence-corrected chi connectivity index (χ4v) is 4.50. The van der Waals surface area contributed by atoms with Crippen LogP contribution < -0.4 is 5.73 Å². The summed E-state index contributed by atoms with van der Waals surface area (Å²) >= 11 is 5.65. The van der Waals surface area contributed by atoms with Gasteiger partial charge in [-0.3, -0.25) is 0 Å². The molecule has 1 aliphatic carbocycles. The minimum absolute atomic E-state index is 0.0955. The fourth-order valence-electron chi connectivity index (χ4n) is 2.33. The molecule has 17 heavy (non-hydrogen) atoms. The van der Waals surface area contributed by atoms with E-state index < -0.39 is 0 Å². The first-order chi connectivity index (χ1) is 8.16. The summed E-state index contributed by atoms with van der Waals surface area (Å²) in [5.41, 5.74) is 7.10. The minimum atomic E-state index is 0.0955. The van der Waals surface area contributed by atoms with Gasteiger partial charge >= 0.3 is 0 Å². The van der Waals surface area contributed by atoms with Crippen LogP contribution >= 0.6 is 27.7 Å². The Morgan fingerprint density at radius 2 is 2.00 bits per heavy atom. The van der Waals surface area contributed by atoms with Crippen molar-refractivity contribution in [2.75, 3.05) is 0 Å². The smallest absolute Gasteiger partial charge is 0.0277 e. The monoisotopic (exact) mass is 313 g/mol. The molecule has 0 amide bonds. The normalized spacial score (nSPS) is 19.2. The molecule has 1 aromatic carbocycles. The molecule has 0 saturated heterocycles. The predicted octanol–water partition coefficient (Wildman–Crippen LogP) is 4.89. The molecular weight excluding hydrogens is 294 g/mol. The molecule has 94 valence electrons. The van der Waals surface area contributed by atoms with E-state index in [0.717, 1.165) is 9.72 Å². The van der Waals surface area contributed by atoms with Crippen LogP contribution in [-0.2, 0) is 0 Å². The molecule has 0 aliphatic heterocycles. The van der Waals surface area contributed by atoms with Crippen LogP contribution in [0.15, 0.2) is 27.6 Å². The topological polar surface area (TPSA) is 26.0 Å². The van der Waals surface area contributed by atoms with Crippen molar-refractivity contribution in [1.29, 1.82) is 0 Å². The van der Waals surface area contributed by atoms with Crippen LogP contribution in [0, 0.1) is 0 Å². The lowest BCUT2D eigenvalue weighted by Gasteiger charge is -2.21. The van der Waals surface area contributed by atoms with Crippen LogP contribution in [0.5, 0.6) is 0 Å². The summed E-state index contributed by atoms with van der Waals surface area (Å²) in [4.78, 5) is 1.37. The number of nitrogens with two attached hydrogens (primary N) is 1. The van der Waals surface area contributed by atoms with Crippen LogP contribution in [0.2, 0.25) is 0 Å². The van der Waals surface area contributed by atoms with E-state index in [0.29, 0.717) is 0 Å². The lowest BCUT2D eigenvalue weighted by atomic mass is 10.0. The molecule has 2 rings (SSSR count). The van der Waals surface area contributed by atoms with Gasteiger partial charge in [-0.2, -0.15) is 0 Å². The summed E-state index contributed by atoms with van der Waals surface area (Å²) in [7, 11) is 0. The lowest BCUT2D eigenvalue weighted by Crippen LogP contribution is -2.08. The van der Waals surface area contributed by atoms with E-state index in [1.54, 1.807) is 0 Å². The van der Waals surface area contributed by atoms with Gasteiger partial charge in [0, 0.05) is 20.7 Å². The second-order valence-electron chi connectivity index (χ2n) is 4.85. The molecule has 0 aromatic heterocycles. The van der Waals surface area contributed by atoms with Crippen LogP contribution in [-0.4, -0.2) is 5.25 Å². The Balaban J connectivity index is 2.04. The highest BCUT2D eigenvalue weighted by atomic mass is 79.9. The highest BCUT2D eigenvalue weighted by Crippen LogP contribution is 2.35. The van der Waals surface area contributed by atoms with Crippen molar-refractivity contribution in [3.63, 3.8) is 0 Å². The number of thioether (sulfide) groups is 1. The third kappa shape index (κ3) is 3.73. The highest BCUT2D eigenvalue weighted by Gasteiger charge is 2.15. The third-order valence-corrected chi connectivity index (χ3v) is 5.34. The number of hydrogen-bond acceptors (Lipinski definition) is 2. The zero-order valence-electron chi connectivity index (χ0n) is 10.3. The van der Waals surface area contributed by atoms with Gasteiger partial charge in [0.2, 0.25) is 0 Å². The maximum absolute atomic E-state index is 5.91. The fraction of sp³-hybridized carbons (Fsp3) is 0.571. The molecule has 1 saturated carbocycles. The first-order valence-corrected chi connectivity index (χ1v) is 8.06. The Kier molecular flexibility index (Phi) is 4.95. The summed E-state index contributed by atoms with van der Waals surface area (Å²) in [6.07, 6.45) is 6.96. The van der Waals surface area contributed by atoms with Crippen molar-refractivity contribution < 1.29 is 0 Å². The van der Waals surface area contributed by atoms with Gasteiger partial charge in [-0.1, -0.05) is 41.3 Å². The number of rotatable bonds is 3. The number of hydrogen-bond donors (Lipinski definition) is 1. The molecule has 1 aliphatic rings. The predicted molar refractivity (Wildman–Crippen MR) is 79.5 cm³/mol. The van der Waals surface area contributed by atoms with Gasteiger partial charge in [0.25, 0.3) is 0 Å². The Morgan fingerprint density at radius 3 is 2.59 bits per heavy atom. The molecule has 1 aromatic rings. The molecule has 0 spiro atoms. The molecule has 1 atom stereocenters. The Morgan fingerprint density at radius 1 is 1.29 bits per heavy atom. The number of benzene rings is 1. The van der Waals surface area contributed by atoms with E-state index in [4.69, 9.17) is 5.73 Å². The Bertz CT molecular complexity index is 372. The third-order valence-electron chi connectivity index (χ3n) is 3.32. The van der Waals surface area contributed by atoms with Crippen molar-refractivity contribution >= 4 is 27.7 Å². The van der Waals surface area contributed by atoms with Gasteiger partial charge in [0.05, 0.1) is 0 Å². The zero-order chi connectivity index (χ0) is 12.3. The lowest BCUT2D eigenvalue weighted by molar-refractivity contribution is 0.516. The molecule has 2 N–H and O–H groups in total. The second kappa shape index (κ2) is 6.26. The number of halogens is 1. The van der Waals surface area contributed by atoms with Crippen molar-refractivity contribution in [2.24, 2.45) is 5.73 Å². The van der Waals surface area contributed by atoms with E-state index >= 15 is 0 Å².